The number of thiazole rings is 1. The van der Waals surface area contributed by atoms with Crippen LogP contribution in [0.2, 0.25) is 0 Å². The number of fused-ring (bicyclic) bond motifs is 1. The van der Waals surface area contributed by atoms with Crippen molar-refractivity contribution < 1.29 is 18.3 Å². The van der Waals surface area contributed by atoms with E-state index in [9.17, 15) is 4.79 Å². The molecule has 0 saturated heterocycles. The van der Waals surface area contributed by atoms with E-state index in [0.717, 1.165) is 0 Å². The molecule has 11 heteroatoms. The molecular weight excluding hydrogens is 423 g/mol. The number of ether oxygens (including phenoxy) is 1. The maximum absolute atomic E-state index is 15.0. The standard InChI is InChI=1S/C20H21FN6O3S/c1-20(2,3)30-19(28)22-9-15-26-25-14(29-15)7-16-24-13-6-5-12(17(21)18(13)31-16)11-8-23-27(4)10-11/h5-6,8,10H,7,9H2,1-4H3,(H,22,28). The number of hydrogen-bond donors (Lipinski definition) is 1. The summed E-state index contributed by atoms with van der Waals surface area (Å²) in [6.45, 7) is 5.37. The minimum absolute atomic E-state index is 0.0465. The van der Waals surface area contributed by atoms with Crippen LogP contribution in [0, 0.1) is 5.82 Å². The average Bonchev–Trinajstić information content (AvgIpc) is 3.39. The normalized spacial score (nSPS) is 11.8. The Morgan fingerprint density at radius 2 is 2.06 bits per heavy atom. The number of halogens is 1. The number of hydrogen-bond acceptors (Lipinski definition) is 8. The van der Waals surface area contributed by atoms with Crippen molar-refractivity contribution in [1.29, 1.82) is 0 Å². The highest BCUT2D eigenvalue weighted by Gasteiger charge is 2.18. The highest BCUT2D eigenvalue weighted by Crippen LogP contribution is 2.32. The van der Waals surface area contributed by atoms with Crippen molar-refractivity contribution in [3.05, 3.63) is 47.1 Å². The molecule has 0 unspecified atom stereocenters. The molecule has 1 aromatic carbocycles. The third kappa shape index (κ3) is 4.88. The first-order chi connectivity index (χ1) is 14.7. The molecule has 4 rings (SSSR count). The largest absolute Gasteiger partial charge is 0.444 e. The van der Waals surface area contributed by atoms with Crippen LogP contribution in [0.5, 0.6) is 0 Å². The second-order valence-electron chi connectivity index (χ2n) is 7.91. The maximum atomic E-state index is 15.0. The molecule has 1 amide bonds. The van der Waals surface area contributed by atoms with E-state index in [1.165, 1.54) is 11.3 Å². The Bertz CT molecular complexity index is 1240. The summed E-state index contributed by atoms with van der Waals surface area (Å²) in [5.74, 6) is 0.238. The molecule has 3 heterocycles. The molecule has 0 saturated carbocycles. The predicted octanol–water partition coefficient (Wildman–Crippen LogP) is 3.83. The van der Waals surface area contributed by atoms with Crippen LogP contribution in [0.15, 0.2) is 28.9 Å². The highest BCUT2D eigenvalue weighted by atomic mass is 32.1. The van der Waals surface area contributed by atoms with Gasteiger partial charge < -0.3 is 14.5 Å². The first-order valence-electron chi connectivity index (χ1n) is 9.53. The van der Waals surface area contributed by atoms with Crippen molar-refractivity contribution in [2.75, 3.05) is 0 Å². The lowest BCUT2D eigenvalue weighted by Gasteiger charge is -2.19. The summed E-state index contributed by atoms with van der Waals surface area (Å²) >= 11 is 1.24. The second-order valence-corrected chi connectivity index (χ2v) is 8.99. The molecule has 9 nitrogen and oxygen atoms in total. The van der Waals surface area contributed by atoms with Crippen LogP contribution in [-0.4, -0.2) is 36.7 Å². The molecule has 0 spiro atoms. The Hall–Kier alpha value is -3.34. The molecule has 0 fully saturated rings. The van der Waals surface area contributed by atoms with Crippen LogP contribution >= 0.6 is 11.3 Å². The number of benzene rings is 1. The lowest BCUT2D eigenvalue weighted by atomic mass is 10.1. The lowest BCUT2D eigenvalue weighted by Crippen LogP contribution is -2.32. The van der Waals surface area contributed by atoms with Crippen LogP contribution in [0.4, 0.5) is 9.18 Å². The molecule has 31 heavy (non-hydrogen) atoms. The summed E-state index contributed by atoms with van der Waals surface area (Å²) in [6.07, 6.45) is 3.08. The van der Waals surface area contributed by atoms with Crippen LogP contribution < -0.4 is 5.32 Å². The Morgan fingerprint density at radius 3 is 2.77 bits per heavy atom. The molecule has 1 N–H and O–H groups in total. The van der Waals surface area contributed by atoms with E-state index in [2.05, 4.69) is 25.6 Å². The smallest absolute Gasteiger partial charge is 0.408 e. The number of carbonyl (C=O) groups is 1. The topological polar surface area (TPSA) is 108 Å². The number of nitrogens with zero attached hydrogens (tertiary/aromatic N) is 5. The van der Waals surface area contributed by atoms with Gasteiger partial charge in [-0.3, -0.25) is 4.68 Å². The number of rotatable bonds is 5. The van der Waals surface area contributed by atoms with Gasteiger partial charge in [-0.05, 0) is 32.9 Å². The van der Waals surface area contributed by atoms with E-state index in [1.54, 1.807) is 57.0 Å². The zero-order valence-corrected chi connectivity index (χ0v) is 18.3. The van der Waals surface area contributed by atoms with Crippen molar-refractivity contribution >= 4 is 27.6 Å². The first kappa shape index (κ1) is 20.9. The van der Waals surface area contributed by atoms with Gasteiger partial charge in [0.25, 0.3) is 0 Å². The third-order valence-electron chi connectivity index (χ3n) is 4.15. The Balaban J connectivity index is 1.46. The highest BCUT2D eigenvalue weighted by molar-refractivity contribution is 7.18. The van der Waals surface area contributed by atoms with Crippen molar-refractivity contribution in [3.63, 3.8) is 0 Å². The molecule has 4 aromatic rings. The molecule has 3 aromatic heterocycles. The summed E-state index contributed by atoms with van der Waals surface area (Å²) in [4.78, 5) is 16.2. The van der Waals surface area contributed by atoms with Gasteiger partial charge in [0, 0.05) is 24.4 Å². The average molecular weight is 444 g/mol. The molecule has 0 aliphatic carbocycles. The first-order valence-corrected chi connectivity index (χ1v) is 10.3. The van der Waals surface area contributed by atoms with Gasteiger partial charge in [0.15, 0.2) is 5.82 Å². The molecule has 0 aliphatic rings. The monoisotopic (exact) mass is 444 g/mol. The minimum atomic E-state index is -0.594. The van der Waals surface area contributed by atoms with Gasteiger partial charge in [-0.2, -0.15) is 5.10 Å². The van der Waals surface area contributed by atoms with Gasteiger partial charge >= 0.3 is 6.09 Å². The second kappa shape index (κ2) is 8.06. The van der Waals surface area contributed by atoms with Gasteiger partial charge in [-0.1, -0.05) is 0 Å². The molecule has 0 radical (unpaired) electrons. The third-order valence-corrected chi connectivity index (χ3v) is 5.21. The number of nitrogens with one attached hydrogen (secondary N) is 1. The van der Waals surface area contributed by atoms with E-state index in [4.69, 9.17) is 9.15 Å². The fraction of sp³-hybridized carbons (Fsp3) is 0.350. The molecule has 162 valence electrons. The number of aryl methyl sites for hydroxylation is 1. The van der Waals surface area contributed by atoms with Crippen molar-refractivity contribution in [3.8, 4) is 11.1 Å². The predicted molar refractivity (Wildman–Crippen MR) is 112 cm³/mol. The SMILES string of the molecule is Cn1cc(-c2ccc3nc(Cc4nnc(CNC(=O)OC(C)(C)C)o4)sc3c2F)cn1. The van der Waals surface area contributed by atoms with Crippen molar-refractivity contribution in [2.45, 2.75) is 39.3 Å². The zero-order chi connectivity index (χ0) is 22.2. The molecule has 0 bridgehead atoms. The van der Waals surface area contributed by atoms with Crippen LogP contribution in [0.25, 0.3) is 21.3 Å². The Labute approximate surface area is 181 Å². The quantitative estimate of drug-likeness (QED) is 0.498. The Morgan fingerprint density at radius 1 is 1.29 bits per heavy atom. The molecule has 0 aliphatic heterocycles. The van der Waals surface area contributed by atoms with Gasteiger partial charge in [0.05, 0.1) is 29.4 Å². The number of aromatic nitrogens is 5. The van der Waals surface area contributed by atoms with E-state index >= 15 is 4.39 Å². The zero-order valence-electron chi connectivity index (χ0n) is 17.5. The van der Waals surface area contributed by atoms with Crippen molar-refractivity contribution in [1.82, 2.24) is 30.3 Å². The van der Waals surface area contributed by atoms with Gasteiger partial charge in [-0.25, -0.2) is 14.2 Å². The summed E-state index contributed by atoms with van der Waals surface area (Å²) in [7, 11) is 1.78. The summed E-state index contributed by atoms with van der Waals surface area (Å²) in [5.41, 5.74) is 1.15. The van der Waals surface area contributed by atoms with E-state index < -0.39 is 11.7 Å². The van der Waals surface area contributed by atoms with Gasteiger partial charge in [0.1, 0.15) is 10.6 Å². The van der Waals surface area contributed by atoms with E-state index in [0.29, 0.717) is 32.2 Å². The number of alkyl carbamates (subject to hydrolysis) is 1. The lowest BCUT2D eigenvalue weighted by molar-refractivity contribution is 0.0518. The van der Waals surface area contributed by atoms with E-state index in [-0.39, 0.29) is 24.7 Å². The number of amides is 1. The van der Waals surface area contributed by atoms with E-state index in [1.807, 2.05) is 0 Å². The maximum Gasteiger partial charge on any atom is 0.408 e. The van der Waals surface area contributed by atoms with Crippen LogP contribution in [0.3, 0.4) is 0 Å². The van der Waals surface area contributed by atoms with Gasteiger partial charge in [-0.15, -0.1) is 21.5 Å². The van der Waals surface area contributed by atoms with Gasteiger partial charge in [0.2, 0.25) is 11.8 Å². The fourth-order valence-corrected chi connectivity index (χ4v) is 3.88. The van der Waals surface area contributed by atoms with Crippen LogP contribution in [0.1, 0.15) is 37.6 Å². The Kier molecular flexibility index (Phi) is 5.44. The molecule has 0 atom stereocenters. The summed E-state index contributed by atoms with van der Waals surface area (Å²) < 4.78 is 27.9. The fourth-order valence-electron chi connectivity index (χ4n) is 2.89. The van der Waals surface area contributed by atoms with Crippen LogP contribution in [-0.2, 0) is 24.8 Å². The summed E-state index contributed by atoms with van der Waals surface area (Å²) in [6, 6.07) is 3.48. The summed E-state index contributed by atoms with van der Waals surface area (Å²) in [5, 5.41) is 15.2. The minimum Gasteiger partial charge on any atom is -0.444 e. The number of carbonyl (C=O) groups excluding carboxylic acids is 1. The molecular formula is C20H21FN6O3S. The van der Waals surface area contributed by atoms with Crippen molar-refractivity contribution in [2.24, 2.45) is 7.05 Å².